The SMILES string of the molecule is CN(C)c1cc(NS(=O)(=O)c2ccccc2)c(O)c2c1C[C@H]1C[C@H]3C(N(C)C)C(=O)C(C(N)=O)C(=O)[C@@]3(O)C(=O)C1C2=O. The van der Waals surface area contributed by atoms with Crippen molar-refractivity contribution in [3.8, 4) is 5.75 Å². The van der Waals surface area contributed by atoms with Crippen molar-refractivity contribution in [2.75, 3.05) is 37.8 Å². The Balaban J connectivity index is 1.64. The summed E-state index contributed by atoms with van der Waals surface area (Å²) in [5, 5.41) is 23.0. The second-order valence-electron chi connectivity index (χ2n) is 11.7. The quantitative estimate of drug-likeness (QED) is 0.247. The molecule has 6 atom stereocenters. The number of benzene rings is 2. The van der Waals surface area contributed by atoms with Crippen molar-refractivity contribution in [2.24, 2.45) is 29.4 Å². The maximum atomic E-state index is 14.1. The number of ketones is 4. The van der Waals surface area contributed by atoms with Gasteiger partial charge in [0, 0.05) is 25.7 Å². The number of amides is 1. The molecule has 3 aliphatic rings. The van der Waals surface area contributed by atoms with E-state index in [4.69, 9.17) is 5.73 Å². The number of anilines is 2. The molecule has 0 saturated heterocycles. The van der Waals surface area contributed by atoms with Gasteiger partial charge in [0.25, 0.3) is 10.0 Å². The molecule has 0 bridgehead atoms. The van der Waals surface area contributed by atoms with Crippen molar-refractivity contribution in [3.63, 3.8) is 0 Å². The molecule has 228 valence electrons. The molecule has 5 rings (SSSR count). The maximum absolute atomic E-state index is 14.1. The Kier molecular flexibility index (Phi) is 7.22. The molecule has 0 spiro atoms. The standard InChI is InChI=1S/C29H32N4O9S/c1-32(2)18-12-17(31-43(41,42)14-8-6-5-7-9-14)23(34)20-15(18)10-13-11-16-22(33(3)4)25(36)21(28(30)39)27(38)29(16,40)26(37)19(13)24(20)35/h5-9,12-13,16,19,21-22,31,34,40H,10-11H2,1-4H3,(H2,30,39)/t13-,16-,19?,21?,22?,29-/m0/s1. The number of fused-ring (bicyclic) bond motifs is 3. The molecule has 0 heterocycles. The number of hydrogen-bond donors (Lipinski definition) is 4. The number of phenols is 1. The van der Waals surface area contributed by atoms with Crippen LogP contribution in [-0.4, -0.2) is 92.4 Å². The van der Waals surface area contributed by atoms with Crippen LogP contribution in [0.1, 0.15) is 22.3 Å². The summed E-state index contributed by atoms with van der Waals surface area (Å²) in [6.07, 6.45) is -0.0570. The van der Waals surface area contributed by atoms with E-state index in [1.165, 1.54) is 49.3 Å². The molecular weight excluding hydrogens is 580 g/mol. The van der Waals surface area contributed by atoms with Crippen LogP contribution in [0.25, 0.3) is 0 Å². The number of carbonyl (C=O) groups excluding carboxylic acids is 5. The highest BCUT2D eigenvalue weighted by molar-refractivity contribution is 7.92. The number of primary amides is 1. The van der Waals surface area contributed by atoms with Crippen LogP contribution >= 0.6 is 0 Å². The van der Waals surface area contributed by atoms with E-state index in [1.807, 2.05) is 0 Å². The molecule has 43 heavy (non-hydrogen) atoms. The van der Waals surface area contributed by atoms with Crippen molar-refractivity contribution in [1.82, 2.24) is 4.90 Å². The van der Waals surface area contributed by atoms with Crippen molar-refractivity contribution < 1.29 is 42.6 Å². The van der Waals surface area contributed by atoms with Crippen molar-refractivity contribution in [2.45, 2.75) is 29.4 Å². The lowest BCUT2D eigenvalue weighted by Crippen LogP contribution is -2.74. The molecule has 0 aliphatic heterocycles. The molecule has 2 aromatic carbocycles. The summed E-state index contributed by atoms with van der Waals surface area (Å²) in [6, 6.07) is 7.55. The molecule has 5 N–H and O–H groups in total. The average Bonchev–Trinajstić information content (AvgIpc) is 2.92. The van der Waals surface area contributed by atoms with Crippen LogP contribution in [0.5, 0.6) is 5.75 Å². The average molecular weight is 613 g/mol. The van der Waals surface area contributed by atoms with Gasteiger partial charge in [0.1, 0.15) is 0 Å². The number of nitrogens with one attached hydrogen (secondary N) is 1. The Labute approximate surface area is 247 Å². The van der Waals surface area contributed by atoms with Gasteiger partial charge in [-0.25, -0.2) is 8.42 Å². The first kappa shape index (κ1) is 30.3. The highest BCUT2D eigenvalue weighted by Gasteiger charge is 2.69. The summed E-state index contributed by atoms with van der Waals surface area (Å²) in [7, 11) is 2.14. The normalized spacial score (nSPS) is 28.7. The topological polar surface area (TPSA) is 204 Å². The molecule has 0 radical (unpaired) electrons. The molecule has 2 fully saturated rings. The van der Waals surface area contributed by atoms with E-state index in [0.717, 1.165) is 0 Å². The fourth-order valence-electron chi connectivity index (χ4n) is 6.93. The lowest BCUT2D eigenvalue weighted by Gasteiger charge is -2.52. The van der Waals surface area contributed by atoms with E-state index in [9.17, 15) is 42.6 Å². The van der Waals surface area contributed by atoms with Gasteiger partial charge in [0.05, 0.1) is 28.1 Å². The first-order valence-electron chi connectivity index (χ1n) is 13.5. The van der Waals surface area contributed by atoms with Gasteiger partial charge in [-0.2, -0.15) is 0 Å². The van der Waals surface area contributed by atoms with E-state index in [2.05, 4.69) is 4.72 Å². The minimum atomic E-state index is -4.19. The third-order valence-electron chi connectivity index (χ3n) is 8.82. The number of aromatic hydroxyl groups is 1. The van der Waals surface area contributed by atoms with Gasteiger partial charge in [0.2, 0.25) is 5.91 Å². The Morgan fingerprint density at radius 3 is 2.23 bits per heavy atom. The fraction of sp³-hybridized carbons (Fsp3) is 0.414. The number of nitrogens with zero attached hydrogens (tertiary/aromatic N) is 2. The van der Waals surface area contributed by atoms with Crippen molar-refractivity contribution in [1.29, 1.82) is 0 Å². The number of carbonyl (C=O) groups is 5. The minimum absolute atomic E-state index is 0.0403. The lowest BCUT2D eigenvalue weighted by molar-refractivity contribution is -0.181. The van der Waals surface area contributed by atoms with Crippen LogP contribution in [-0.2, 0) is 35.6 Å². The maximum Gasteiger partial charge on any atom is 0.262 e. The Hall–Kier alpha value is -4.14. The summed E-state index contributed by atoms with van der Waals surface area (Å²) in [6.45, 7) is 0. The fourth-order valence-corrected chi connectivity index (χ4v) is 8.01. The number of aliphatic hydroxyl groups is 1. The highest BCUT2D eigenvalue weighted by atomic mass is 32.2. The van der Waals surface area contributed by atoms with Crippen molar-refractivity contribution in [3.05, 3.63) is 47.5 Å². The van der Waals surface area contributed by atoms with Gasteiger partial charge in [-0.05, 0) is 56.6 Å². The Bertz CT molecular complexity index is 1690. The Morgan fingerprint density at radius 2 is 1.67 bits per heavy atom. The van der Waals surface area contributed by atoms with Gasteiger partial charge in [-0.15, -0.1) is 0 Å². The third-order valence-corrected chi connectivity index (χ3v) is 10.2. The van der Waals surface area contributed by atoms with E-state index >= 15 is 0 Å². The number of rotatable bonds is 6. The smallest absolute Gasteiger partial charge is 0.262 e. The summed E-state index contributed by atoms with van der Waals surface area (Å²) >= 11 is 0. The summed E-state index contributed by atoms with van der Waals surface area (Å²) < 4.78 is 28.5. The Morgan fingerprint density at radius 1 is 1.05 bits per heavy atom. The summed E-state index contributed by atoms with van der Waals surface area (Å²) in [5.41, 5.74) is 2.61. The van der Waals surface area contributed by atoms with E-state index < -0.39 is 80.1 Å². The van der Waals surface area contributed by atoms with Crippen LogP contribution in [0.15, 0.2) is 41.3 Å². The number of Topliss-reactive ketones (excluding diaryl/α,β-unsaturated/α-hetero) is 4. The van der Waals surface area contributed by atoms with Crippen LogP contribution in [0.2, 0.25) is 0 Å². The predicted molar refractivity (Wildman–Crippen MR) is 153 cm³/mol. The molecule has 3 aliphatic carbocycles. The second kappa shape index (κ2) is 10.2. The summed E-state index contributed by atoms with van der Waals surface area (Å²) in [5.74, 6) is -12.0. The number of nitrogens with two attached hydrogens (primary N) is 1. The van der Waals surface area contributed by atoms with Crippen LogP contribution in [0.3, 0.4) is 0 Å². The van der Waals surface area contributed by atoms with Gasteiger partial charge < -0.3 is 20.8 Å². The zero-order valence-corrected chi connectivity index (χ0v) is 24.7. The van der Waals surface area contributed by atoms with Gasteiger partial charge >= 0.3 is 0 Å². The van der Waals surface area contributed by atoms with E-state index in [1.54, 1.807) is 25.1 Å². The predicted octanol–water partition coefficient (Wildman–Crippen LogP) is -0.266. The molecule has 14 heteroatoms. The highest BCUT2D eigenvalue weighted by Crippen LogP contribution is 2.52. The number of sulfonamides is 1. The number of hydrogen-bond acceptors (Lipinski definition) is 11. The van der Waals surface area contributed by atoms with E-state index in [0.29, 0.717) is 11.3 Å². The number of likely N-dealkylation sites (N-methyl/N-ethyl adjacent to an activating group) is 1. The first-order chi connectivity index (χ1) is 20.0. The van der Waals surface area contributed by atoms with Crippen LogP contribution in [0.4, 0.5) is 11.4 Å². The molecular formula is C29H32N4O9S. The first-order valence-corrected chi connectivity index (χ1v) is 15.0. The molecule has 13 nitrogen and oxygen atoms in total. The lowest BCUT2D eigenvalue weighted by atomic mass is 9.52. The number of phenolic OH excluding ortho intramolecular Hbond substituents is 1. The van der Waals surface area contributed by atoms with Crippen LogP contribution < -0.4 is 15.4 Å². The third kappa shape index (κ3) is 4.43. The molecule has 3 unspecified atom stereocenters. The molecule has 0 aromatic heterocycles. The van der Waals surface area contributed by atoms with Crippen LogP contribution in [0, 0.1) is 23.7 Å². The van der Waals surface area contributed by atoms with Crippen molar-refractivity contribution >= 4 is 50.4 Å². The zero-order valence-electron chi connectivity index (χ0n) is 23.9. The monoisotopic (exact) mass is 612 g/mol. The van der Waals surface area contributed by atoms with Gasteiger partial charge in [0.15, 0.2) is 40.4 Å². The van der Waals surface area contributed by atoms with E-state index in [-0.39, 0.29) is 29.0 Å². The molecule has 2 aromatic rings. The molecule has 1 amide bonds. The second-order valence-corrected chi connectivity index (χ2v) is 13.4. The minimum Gasteiger partial charge on any atom is -0.505 e. The largest absolute Gasteiger partial charge is 0.505 e. The zero-order chi connectivity index (χ0) is 31.8. The summed E-state index contributed by atoms with van der Waals surface area (Å²) in [4.78, 5) is 69.9. The van der Waals surface area contributed by atoms with Gasteiger partial charge in [-0.3, -0.25) is 33.6 Å². The van der Waals surface area contributed by atoms with Gasteiger partial charge in [-0.1, -0.05) is 18.2 Å². The molecule has 2 saturated carbocycles.